The number of unbranched alkanes of at least 4 members (excludes halogenated alkanes) is 5. The molecule has 1 aromatic rings. The van der Waals surface area contributed by atoms with Crippen molar-refractivity contribution in [3.05, 3.63) is 35.9 Å². The van der Waals surface area contributed by atoms with Crippen LogP contribution in [0.3, 0.4) is 0 Å². The average molecular weight is 259 g/mol. The molecule has 1 unspecified atom stereocenters. The molecule has 1 aromatic carbocycles. The number of hydrogen-bond acceptors (Lipinski definition) is 1. The Morgan fingerprint density at radius 2 is 1.89 bits per heavy atom. The van der Waals surface area contributed by atoms with E-state index >= 15 is 0 Å². The van der Waals surface area contributed by atoms with Gasteiger partial charge in [0.05, 0.1) is 6.61 Å². The van der Waals surface area contributed by atoms with Crippen LogP contribution in [0, 0.1) is 12.3 Å². The summed E-state index contributed by atoms with van der Waals surface area (Å²) in [5, 5.41) is 0. The summed E-state index contributed by atoms with van der Waals surface area (Å²) in [5.41, 5.74) is 1.16. The third kappa shape index (κ3) is 7.70. The van der Waals surface area contributed by atoms with Gasteiger partial charge in [-0.1, -0.05) is 75.3 Å². The molecule has 1 nitrogen and oxygen atoms in total. The minimum atomic E-state index is -0.0983. The van der Waals surface area contributed by atoms with Crippen LogP contribution in [-0.2, 0) is 11.3 Å². The first-order chi connectivity index (χ1) is 9.86. The first kappa shape index (κ1) is 14.2. The largest absolute Gasteiger partial charge is 0.361 e. The highest BCUT2D eigenvalue weighted by molar-refractivity contribution is 5.13. The average Bonchev–Trinajstić information content (AvgIpc) is 2.49. The van der Waals surface area contributed by atoms with Crippen LogP contribution < -0.4 is 0 Å². The van der Waals surface area contributed by atoms with E-state index in [0.717, 1.165) is 18.4 Å². The Kier molecular flexibility index (Phi) is 7.93. The molecule has 0 radical (unpaired) electrons. The minimum absolute atomic E-state index is 0.0983. The summed E-state index contributed by atoms with van der Waals surface area (Å²) in [4.78, 5) is 0. The SMILES string of the molecule is [2H]C#CC(CCCCCCCC)OCc1ccccc1. The van der Waals surface area contributed by atoms with Gasteiger partial charge in [-0.2, -0.15) is 0 Å². The van der Waals surface area contributed by atoms with Crippen LogP contribution in [0.15, 0.2) is 30.3 Å². The van der Waals surface area contributed by atoms with Gasteiger partial charge in [-0.3, -0.25) is 0 Å². The third-order valence-corrected chi connectivity index (χ3v) is 3.27. The summed E-state index contributed by atoms with van der Waals surface area (Å²) in [6, 6.07) is 10.1. The summed E-state index contributed by atoms with van der Waals surface area (Å²) in [6.45, 7) is 2.81. The molecule has 0 aromatic heterocycles. The molecule has 0 heterocycles. The molecule has 0 fully saturated rings. The predicted molar refractivity (Wildman–Crippen MR) is 81.8 cm³/mol. The lowest BCUT2D eigenvalue weighted by atomic mass is 10.1. The molecule has 104 valence electrons. The molecule has 0 aliphatic carbocycles. The molecule has 0 amide bonds. The summed E-state index contributed by atoms with van der Waals surface area (Å²) in [5.74, 6) is 2.85. The van der Waals surface area contributed by atoms with Crippen LogP contribution in [-0.4, -0.2) is 6.10 Å². The van der Waals surface area contributed by atoms with Gasteiger partial charge < -0.3 is 4.74 Å². The molecule has 0 aliphatic heterocycles. The van der Waals surface area contributed by atoms with Crippen molar-refractivity contribution >= 4 is 0 Å². The second kappa shape index (κ2) is 10.6. The lowest BCUT2D eigenvalue weighted by molar-refractivity contribution is 0.0710. The Hall–Kier alpha value is -1.26. The molecular weight excluding hydrogens is 232 g/mol. The number of ether oxygens (including phenoxy) is 1. The fraction of sp³-hybridized carbons (Fsp3) is 0.556. The van der Waals surface area contributed by atoms with Gasteiger partial charge in [0.15, 0.2) is 0 Å². The van der Waals surface area contributed by atoms with E-state index in [1.54, 1.807) is 0 Å². The molecular formula is C18H26O. The summed E-state index contributed by atoms with van der Waals surface area (Å²) in [6.07, 6.45) is 10.7. The topological polar surface area (TPSA) is 9.23 Å². The highest BCUT2D eigenvalue weighted by Gasteiger charge is 2.05. The zero-order valence-electron chi connectivity index (χ0n) is 13.0. The maximum absolute atomic E-state index is 7.05. The maximum Gasteiger partial charge on any atom is 0.124 e. The highest BCUT2D eigenvalue weighted by atomic mass is 16.5. The third-order valence-electron chi connectivity index (χ3n) is 3.27. The van der Waals surface area contributed by atoms with E-state index in [1.165, 1.54) is 32.1 Å². The van der Waals surface area contributed by atoms with Crippen LogP contribution in [0.4, 0.5) is 0 Å². The Bertz CT molecular complexity index is 391. The first-order valence-electron chi connectivity index (χ1n) is 7.94. The second-order valence-corrected chi connectivity index (χ2v) is 4.99. The van der Waals surface area contributed by atoms with Gasteiger partial charge in [0.2, 0.25) is 0 Å². The van der Waals surface area contributed by atoms with Gasteiger partial charge in [-0.05, 0) is 18.4 Å². The maximum atomic E-state index is 7.05. The number of benzene rings is 1. The Balaban J connectivity index is 2.21. The normalized spacial score (nSPS) is 12.4. The van der Waals surface area contributed by atoms with E-state index in [1.807, 2.05) is 18.2 Å². The van der Waals surface area contributed by atoms with Gasteiger partial charge in [-0.25, -0.2) is 0 Å². The number of hydrogen-bond donors (Lipinski definition) is 0. The van der Waals surface area contributed by atoms with Gasteiger partial charge >= 0.3 is 0 Å². The van der Waals surface area contributed by atoms with Crippen molar-refractivity contribution < 1.29 is 6.11 Å². The lowest BCUT2D eigenvalue weighted by Gasteiger charge is -2.12. The quantitative estimate of drug-likeness (QED) is 0.426. The summed E-state index contributed by atoms with van der Waals surface area (Å²) >= 11 is 0. The zero-order valence-corrected chi connectivity index (χ0v) is 12.0. The van der Waals surface area contributed by atoms with Crippen LogP contribution in [0.5, 0.6) is 0 Å². The zero-order chi connectivity index (χ0) is 14.5. The van der Waals surface area contributed by atoms with Crippen LogP contribution in [0.25, 0.3) is 0 Å². The monoisotopic (exact) mass is 259 g/mol. The fourth-order valence-electron chi connectivity index (χ4n) is 2.08. The Morgan fingerprint density at radius 3 is 2.63 bits per heavy atom. The molecule has 0 bridgehead atoms. The smallest absolute Gasteiger partial charge is 0.124 e. The van der Waals surface area contributed by atoms with Crippen molar-refractivity contribution in [2.75, 3.05) is 0 Å². The van der Waals surface area contributed by atoms with Crippen molar-refractivity contribution in [2.24, 2.45) is 0 Å². The number of terminal acetylenes is 1. The van der Waals surface area contributed by atoms with E-state index in [4.69, 9.17) is 6.11 Å². The lowest BCUT2D eigenvalue weighted by Crippen LogP contribution is -2.10. The second-order valence-electron chi connectivity index (χ2n) is 4.99. The van der Waals surface area contributed by atoms with Crippen molar-refractivity contribution in [3.8, 4) is 12.3 Å². The molecule has 0 aliphatic rings. The molecule has 0 saturated heterocycles. The van der Waals surface area contributed by atoms with E-state index in [2.05, 4.69) is 31.4 Å². The van der Waals surface area contributed by atoms with Gasteiger partial charge in [0.25, 0.3) is 0 Å². The first-order valence-corrected chi connectivity index (χ1v) is 7.44. The molecule has 1 rings (SSSR count). The van der Waals surface area contributed by atoms with E-state index < -0.39 is 0 Å². The van der Waals surface area contributed by atoms with E-state index in [0.29, 0.717) is 6.61 Å². The molecule has 0 N–H and O–H groups in total. The molecule has 0 spiro atoms. The molecule has 0 saturated carbocycles. The van der Waals surface area contributed by atoms with Crippen molar-refractivity contribution in [1.82, 2.24) is 0 Å². The summed E-state index contributed by atoms with van der Waals surface area (Å²) in [7, 11) is 0. The van der Waals surface area contributed by atoms with Crippen molar-refractivity contribution in [3.63, 3.8) is 0 Å². The van der Waals surface area contributed by atoms with Gasteiger partial charge in [0, 0.05) is 0 Å². The van der Waals surface area contributed by atoms with Crippen LogP contribution in [0.1, 0.15) is 58.8 Å². The van der Waals surface area contributed by atoms with E-state index in [-0.39, 0.29) is 6.10 Å². The molecule has 1 atom stereocenters. The standard InChI is InChI=1S/C18H26O/c1-3-5-6-7-8-12-15-18(4-2)19-16-17-13-10-9-11-14-17/h2,9-11,13-14,18H,3,5-8,12,15-16H2,1H3/i2D. The minimum Gasteiger partial charge on any atom is -0.361 e. The summed E-state index contributed by atoms with van der Waals surface area (Å²) < 4.78 is 12.8. The predicted octanol–water partition coefficient (Wildman–Crippen LogP) is 4.96. The Morgan fingerprint density at radius 1 is 1.16 bits per heavy atom. The Labute approximate surface area is 119 Å². The van der Waals surface area contributed by atoms with Crippen LogP contribution >= 0.6 is 0 Å². The van der Waals surface area contributed by atoms with Gasteiger partial charge in [-0.15, -0.1) is 6.40 Å². The molecule has 19 heavy (non-hydrogen) atoms. The van der Waals surface area contributed by atoms with E-state index in [9.17, 15) is 0 Å². The van der Waals surface area contributed by atoms with Gasteiger partial charge in [0.1, 0.15) is 7.47 Å². The van der Waals surface area contributed by atoms with Crippen LogP contribution in [0.2, 0.25) is 0 Å². The molecule has 1 heteroatoms. The number of rotatable bonds is 10. The highest BCUT2D eigenvalue weighted by Crippen LogP contribution is 2.11. The van der Waals surface area contributed by atoms with Crippen molar-refractivity contribution in [1.29, 1.82) is 0 Å². The fourth-order valence-corrected chi connectivity index (χ4v) is 2.08. The van der Waals surface area contributed by atoms with Crippen molar-refractivity contribution in [2.45, 2.75) is 64.6 Å².